The van der Waals surface area contributed by atoms with E-state index in [0.717, 1.165) is 6.20 Å². The third-order valence-electron chi connectivity index (χ3n) is 2.85. The van der Waals surface area contributed by atoms with Gasteiger partial charge in [0.2, 0.25) is 9.84 Å². The van der Waals surface area contributed by atoms with E-state index in [1.807, 2.05) is 6.07 Å². The van der Waals surface area contributed by atoms with Crippen LogP contribution in [0, 0.1) is 0 Å². The van der Waals surface area contributed by atoms with Gasteiger partial charge in [-0.05, 0) is 40.2 Å². The van der Waals surface area contributed by atoms with Crippen molar-refractivity contribution in [1.82, 2.24) is 0 Å². The number of halogens is 1. The van der Waals surface area contributed by atoms with E-state index in [0.29, 0.717) is 4.90 Å². The maximum Gasteiger partial charge on any atom is 0.214 e. The Morgan fingerprint density at radius 1 is 0.909 bits per heavy atom. The van der Waals surface area contributed by atoms with Crippen LogP contribution in [0.5, 0.6) is 0 Å². The standard InChI is InChI=1S/C15H14BrNO3S2/c1-21(18,13-8-4-2-5-9-13)17-12-15(16)22(19,20)14-10-6-3-7-11-14/h2-12H,1H3/b15-12+. The van der Waals surface area contributed by atoms with Crippen molar-refractivity contribution in [3.05, 3.63) is 70.7 Å². The third kappa shape index (κ3) is 3.85. The van der Waals surface area contributed by atoms with Crippen molar-refractivity contribution >= 4 is 35.5 Å². The summed E-state index contributed by atoms with van der Waals surface area (Å²) in [5, 5.41) is 0. The predicted octanol–water partition coefficient (Wildman–Crippen LogP) is 3.81. The fraction of sp³-hybridized carbons (Fsp3) is 0.0667. The fourth-order valence-corrected chi connectivity index (χ4v) is 4.55. The molecule has 0 heterocycles. The lowest BCUT2D eigenvalue weighted by atomic mass is 10.4. The first kappa shape index (κ1) is 16.9. The van der Waals surface area contributed by atoms with Crippen molar-refractivity contribution in [3.63, 3.8) is 0 Å². The van der Waals surface area contributed by atoms with Gasteiger partial charge < -0.3 is 0 Å². The van der Waals surface area contributed by atoms with Gasteiger partial charge in [-0.3, -0.25) is 0 Å². The van der Waals surface area contributed by atoms with Crippen molar-refractivity contribution in [2.45, 2.75) is 9.79 Å². The fourth-order valence-electron chi connectivity index (χ4n) is 1.66. The SMILES string of the molecule is CS(=O)(=N/C=C(\Br)S(=O)(=O)c1ccccc1)c1ccccc1. The summed E-state index contributed by atoms with van der Waals surface area (Å²) >= 11 is 3.02. The molecule has 0 aliphatic rings. The highest BCUT2D eigenvalue weighted by atomic mass is 79.9. The molecule has 7 heteroatoms. The number of hydrogen-bond acceptors (Lipinski definition) is 4. The van der Waals surface area contributed by atoms with Gasteiger partial charge in [-0.15, -0.1) is 0 Å². The van der Waals surface area contributed by atoms with Crippen LogP contribution in [0.25, 0.3) is 0 Å². The summed E-state index contributed by atoms with van der Waals surface area (Å²) in [4.78, 5) is 0.694. The molecule has 2 aromatic rings. The molecule has 0 fully saturated rings. The van der Waals surface area contributed by atoms with Gasteiger partial charge in [-0.25, -0.2) is 17.0 Å². The highest BCUT2D eigenvalue weighted by molar-refractivity contribution is 9.13. The third-order valence-corrected chi connectivity index (χ3v) is 7.50. The molecule has 0 radical (unpaired) electrons. The van der Waals surface area contributed by atoms with E-state index < -0.39 is 19.6 Å². The molecule has 0 aliphatic heterocycles. The van der Waals surface area contributed by atoms with E-state index in [2.05, 4.69) is 20.3 Å². The molecule has 0 amide bonds. The molecule has 0 bridgehead atoms. The highest BCUT2D eigenvalue weighted by Crippen LogP contribution is 2.24. The average molecular weight is 400 g/mol. The smallest absolute Gasteiger partial charge is 0.214 e. The Morgan fingerprint density at radius 3 is 1.86 bits per heavy atom. The molecule has 2 aromatic carbocycles. The lowest BCUT2D eigenvalue weighted by molar-refractivity contribution is 0.604. The summed E-state index contributed by atoms with van der Waals surface area (Å²) in [6, 6.07) is 16.7. The van der Waals surface area contributed by atoms with Gasteiger partial charge in [-0.2, -0.15) is 0 Å². The van der Waals surface area contributed by atoms with Crippen LogP contribution in [0.3, 0.4) is 0 Å². The second kappa shape index (κ2) is 6.76. The molecule has 0 saturated heterocycles. The van der Waals surface area contributed by atoms with E-state index in [1.54, 1.807) is 42.5 Å². The molecule has 0 aliphatic carbocycles. The first-order valence-corrected chi connectivity index (χ1v) is 10.5. The Bertz CT molecular complexity index is 898. The molecule has 0 spiro atoms. The van der Waals surface area contributed by atoms with Gasteiger partial charge in [0.1, 0.15) is 3.81 Å². The zero-order valence-corrected chi connectivity index (χ0v) is 14.9. The maximum absolute atomic E-state index is 12.5. The first-order valence-electron chi connectivity index (χ1n) is 6.26. The zero-order chi connectivity index (χ0) is 16.2. The first-order chi connectivity index (χ1) is 10.3. The minimum atomic E-state index is -3.69. The average Bonchev–Trinajstić information content (AvgIpc) is 2.54. The van der Waals surface area contributed by atoms with Crippen molar-refractivity contribution < 1.29 is 12.6 Å². The van der Waals surface area contributed by atoms with Crippen LogP contribution in [0.1, 0.15) is 0 Å². The number of rotatable bonds is 4. The second-order valence-electron chi connectivity index (χ2n) is 4.47. The predicted molar refractivity (Wildman–Crippen MR) is 91.8 cm³/mol. The van der Waals surface area contributed by atoms with Gasteiger partial charge in [0.15, 0.2) is 0 Å². The normalized spacial score (nSPS) is 15.1. The van der Waals surface area contributed by atoms with Gasteiger partial charge in [0.05, 0.1) is 20.8 Å². The van der Waals surface area contributed by atoms with Crippen molar-refractivity contribution in [2.24, 2.45) is 4.36 Å². The van der Waals surface area contributed by atoms with Crippen LogP contribution >= 0.6 is 15.9 Å². The molecule has 4 nitrogen and oxygen atoms in total. The van der Waals surface area contributed by atoms with E-state index in [4.69, 9.17) is 0 Å². The molecule has 0 saturated carbocycles. The molecule has 1 atom stereocenters. The van der Waals surface area contributed by atoms with E-state index in [-0.39, 0.29) is 8.71 Å². The van der Waals surface area contributed by atoms with Crippen molar-refractivity contribution in [2.75, 3.05) is 6.26 Å². The Hall–Kier alpha value is -1.44. The second-order valence-corrected chi connectivity index (χ2v) is 10.1. The summed E-state index contributed by atoms with van der Waals surface area (Å²) < 4.78 is 41.0. The topological polar surface area (TPSA) is 63.6 Å². The molecular weight excluding hydrogens is 386 g/mol. The number of sulfone groups is 1. The highest BCUT2D eigenvalue weighted by Gasteiger charge is 2.18. The van der Waals surface area contributed by atoms with Crippen LogP contribution in [0.2, 0.25) is 0 Å². The maximum atomic E-state index is 12.5. The molecular formula is C15H14BrNO3S2. The Kier molecular flexibility index (Phi) is 5.20. The lowest BCUT2D eigenvalue weighted by Gasteiger charge is -2.04. The number of benzene rings is 2. The van der Waals surface area contributed by atoms with Crippen LogP contribution < -0.4 is 0 Å². The van der Waals surface area contributed by atoms with Gasteiger partial charge in [0.25, 0.3) is 0 Å². The van der Waals surface area contributed by atoms with Crippen molar-refractivity contribution in [3.8, 4) is 0 Å². The van der Waals surface area contributed by atoms with Crippen LogP contribution in [0.15, 0.2) is 84.8 Å². The van der Waals surface area contributed by atoms with Crippen LogP contribution in [0.4, 0.5) is 0 Å². The number of hydrogen-bond donors (Lipinski definition) is 0. The summed E-state index contributed by atoms with van der Waals surface area (Å²) in [6.45, 7) is 0. The molecule has 0 aromatic heterocycles. The van der Waals surface area contributed by atoms with E-state index in [1.165, 1.54) is 18.4 Å². The summed E-state index contributed by atoms with van der Waals surface area (Å²) in [6.07, 6.45) is 2.56. The minimum Gasteiger partial charge on any atom is -0.245 e. The molecule has 116 valence electrons. The molecule has 1 unspecified atom stereocenters. The summed E-state index contributed by atoms with van der Waals surface area (Å²) in [5.74, 6) is 0. The summed E-state index contributed by atoms with van der Waals surface area (Å²) in [7, 11) is -6.38. The summed E-state index contributed by atoms with van der Waals surface area (Å²) in [5.41, 5.74) is 0. The van der Waals surface area contributed by atoms with Crippen LogP contribution in [-0.4, -0.2) is 18.9 Å². The quantitative estimate of drug-likeness (QED) is 0.784. The molecule has 2 rings (SSSR count). The van der Waals surface area contributed by atoms with E-state index >= 15 is 0 Å². The Balaban J connectivity index is 2.42. The van der Waals surface area contributed by atoms with Gasteiger partial charge >= 0.3 is 0 Å². The van der Waals surface area contributed by atoms with E-state index in [9.17, 15) is 12.6 Å². The zero-order valence-electron chi connectivity index (χ0n) is 11.7. The lowest BCUT2D eigenvalue weighted by Crippen LogP contribution is -2.01. The Labute approximate surface area is 139 Å². The van der Waals surface area contributed by atoms with Gasteiger partial charge in [0, 0.05) is 11.2 Å². The van der Waals surface area contributed by atoms with Gasteiger partial charge in [-0.1, -0.05) is 36.4 Å². The molecule has 0 N–H and O–H groups in total. The largest absolute Gasteiger partial charge is 0.245 e. The van der Waals surface area contributed by atoms with Crippen LogP contribution in [-0.2, 0) is 19.6 Å². The monoisotopic (exact) mass is 399 g/mol. The number of nitrogens with zero attached hydrogens (tertiary/aromatic N) is 1. The van der Waals surface area contributed by atoms with Crippen molar-refractivity contribution in [1.29, 1.82) is 0 Å². The molecule has 22 heavy (non-hydrogen) atoms. The minimum absolute atomic E-state index is 0.128. The Morgan fingerprint density at radius 2 is 1.36 bits per heavy atom.